The first-order valence-electron chi connectivity index (χ1n) is 37.5. The van der Waals surface area contributed by atoms with E-state index in [0.717, 1.165) is 84.2 Å². The normalized spacial score (nSPS) is 12.7. The Bertz CT molecular complexity index is 3840. The molecule has 17 rings (SSSR count). The molecule has 0 aromatic heterocycles. The van der Waals surface area contributed by atoms with E-state index in [1.807, 2.05) is 265 Å². The van der Waals surface area contributed by atoms with E-state index >= 15 is 0 Å². The molecule has 7 heteroatoms. The first kappa shape index (κ1) is 105. The number of hydrogen-bond donors (Lipinski definition) is 0. The summed E-state index contributed by atoms with van der Waals surface area (Å²) >= 11 is 0. The predicted molar refractivity (Wildman–Crippen MR) is 457 cm³/mol. The number of para-hydroxylation sites is 2. The summed E-state index contributed by atoms with van der Waals surface area (Å²) in [6.45, 7) is 48.1. The van der Waals surface area contributed by atoms with Crippen LogP contribution in [0, 0.1) is 43.4 Å². The van der Waals surface area contributed by atoms with Crippen LogP contribution in [0.1, 0.15) is 171 Å². The van der Waals surface area contributed by atoms with Gasteiger partial charge in [0.15, 0.2) is 0 Å². The molecule has 0 N–H and O–H groups in total. The fourth-order valence-corrected chi connectivity index (χ4v) is 9.58. The first-order valence-corrected chi connectivity index (χ1v) is 37.5. The molecular formula is C98H120N4Y3-6. The molecule has 105 heavy (non-hydrogen) atoms. The smallest absolute Gasteiger partial charge is 0.0739 e. The molecule has 9 aliphatic rings. The number of fused-ring (bicyclic) bond motifs is 8. The third-order valence-corrected chi connectivity index (χ3v) is 14.0. The molecule has 0 amide bonds. The summed E-state index contributed by atoms with van der Waals surface area (Å²) in [7, 11) is 0. The molecule has 0 spiro atoms. The third kappa shape index (κ3) is 41.2. The Kier molecular flexibility index (Phi) is 72.4. The van der Waals surface area contributed by atoms with Crippen LogP contribution in [0.4, 0.5) is 11.4 Å². The van der Waals surface area contributed by atoms with E-state index in [2.05, 4.69) is 190 Å². The van der Waals surface area contributed by atoms with Gasteiger partial charge in [-0.15, -0.1) is 18.6 Å². The van der Waals surface area contributed by atoms with Gasteiger partial charge >= 0.3 is 0 Å². The van der Waals surface area contributed by atoms with Gasteiger partial charge in [0.05, 0.1) is 29.8 Å². The third-order valence-electron chi connectivity index (χ3n) is 14.0. The molecular weight excluding hydrogens is 1500 g/mol. The average Bonchev–Trinajstić information content (AvgIpc) is 1.76. The molecule has 0 saturated heterocycles. The molecule has 0 fully saturated rings. The van der Waals surface area contributed by atoms with Gasteiger partial charge in [0.2, 0.25) is 0 Å². The van der Waals surface area contributed by atoms with Gasteiger partial charge in [0.1, 0.15) is 0 Å². The van der Waals surface area contributed by atoms with Crippen molar-refractivity contribution in [3.63, 3.8) is 0 Å². The average molecular weight is 1620 g/mol. The number of hydrogen-bond acceptors (Lipinski definition) is 4. The second-order valence-corrected chi connectivity index (χ2v) is 19.8. The summed E-state index contributed by atoms with van der Waals surface area (Å²) in [5.41, 5.74) is 16.2. The van der Waals surface area contributed by atoms with Gasteiger partial charge in [-0.2, -0.15) is 66.8 Å². The maximum absolute atomic E-state index is 5.17. The van der Waals surface area contributed by atoms with E-state index in [-0.39, 0.29) is 98.1 Å². The van der Waals surface area contributed by atoms with E-state index in [1.165, 1.54) is 54.9 Å². The Morgan fingerprint density at radius 2 is 1.03 bits per heavy atom. The molecule has 1 atom stereocenters. The SMILES string of the molecule is C1=CC2=CC=CC2C=C1.C1=Cc2ccccc2C1.C1=NCc2ccccc21.C1=Nc2c(ccc3ccccc23)C1.C1=Nc2ccccc2C1.C1=c2ccccc2=NC1.CC.CC.CC.CC.CC.CC.CC.CC.CC.[CH-]=CC1=[C-]C=CC1.[CH-]=CC1=[C-]CC=C1.[Y].[Y].[Y].[c-]1ccccc1-c1[c-]cccc1. The quantitative estimate of drug-likeness (QED) is 0.158. The predicted octanol–water partition coefficient (Wildman–Crippen LogP) is 26.8. The summed E-state index contributed by atoms with van der Waals surface area (Å²) in [6.07, 6.45) is 49.4. The molecule has 547 valence electrons. The molecule has 8 aromatic rings. The Hall–Kier alpha value is -6.85. The number of allylic oxidation sites excluding steroid dienone is 19. The summed E-state index contributed by atoms with van der Waals surface area (Å²) in [6, 6.07) is 68.1. The molecule has 4 heterocycles. The van der Waals surface area contributed by atoms with Crippen LogP contribution in [-0.2, 0) is 124 Å². The maximum Gasteiger partial charge on any atom is 0.0739 e. The zero-order chi connectivity index (χ0) is 75.6. The number of rotatable bonds is 3. The molecule has 5 aliphatic carbocycles. The van der Waals surface area contributed by atoms with Crippen LogP contribution in [0.5, 0.6) is 0 Å². The molecule has 4 nitrogen and oxygen atoms in total. The fraction of sp³-hybridized carbons (Fsp3) is 0.265. The second-order valence-electron chi connectivity index (χ2n) is 19.8. The largest absolute Gasteiger partial charge is 0.361 e. The van der Waals surface area contributed by atoms with Crippen molar-refractivity contribution < 1.29 is 98.1 Å². The molecule has 1 unspecified atom stereocenters. The van der Waals surface area contributed by atoms with Crippen molar-refractivity contribution in [2.75, 3.05) is 6.54 Å². The molecule has 0 bridgehead atoms. The number of nitrogens with zero attached hydrogens (tertiary/aromatic N) is 4. The molecule has 3 radical (unpaired) electrons. The van der Waals surface area contributed by atoms with Crippen molar-refractivity contribution in [3.8, 4) is 11.1 Å². The van der Waals surface area contributed by atoms with Crippen LogP contribution in [-0.4, -0.2) is 25.2 Å². The molecule has 8 aromatic carbocycles. The van der Waals surface area contributed by atoms with Gasteiger partial charge in [0.25, 0.3) is 0 Å². The van der Waals surface area contributed by atoms with Crippen LogP contribution >= 0.6 is 0 Å². The Morgan fingerprint density at radius 3 is 1.58 bits per heavy atom. The van der Waals surface area contributed by atoms with Crippen LogP contribution < -0.4 is 10.6 Å². The molecule has 4 aliphatic heterocycles. The standard InChI is InChI=1S/C12H9N.C12H8.2C9H8.3C8H7N.2C7H6.9C2H6.3Y/c1-2-4-11-9(3-1)5-6-10-7-8-13-12(10)11;1-3-7-11(8-4-1)12-9-5-2-6-10-12;2*1-2-5-9-7-3-6-8(9)4-1;1-2-4-8-6-9-5-7(8)3-1;2*1-2-4-8-7(3-1)5-6-9-8;2*1-2-7-5-3-4-6-7;9*1-2;;;/h1-6,8H,7H2;1-7,9H;1-6H,7H2;1-8H;1-5H,6H2;1-4,6H,5H2;1-5H,6H2;1-3,5H,4H2;1-4H,5H2;9*1-2H3;;;/q;-2;;;;;;2*-2;;;;;;;;;;;;. The van der Waals surface area contributed by atoms with E-state index < -0.39 is 0 Å². The maximum atomic E-state index is 5.17. The fourth-order valence-electron chi connectivity index (χ4n) is 9.58. The monoisotopic (exact) mass is 1620 g/mol. The minimum atomic E-state index is 0. The Labute approximate surface area is 715 Å². The van der Waals surface area contributed by atoms with Crippen LogP contribution in [0.3, 0.4) is 0 Å². The van der Waals surface area contributed by atoms with E-state index in [1.54, 1.807) is 12.2 Å². The van der Waals surface area contributed by atoms with E-state index in [0.29, 0.717) is 5.92 Å². The van der Waals surface area contributed by atoms with Crippen molar-refractivity contribution in [3.05, 3.63) is 365 Å². The summed E-state index contributed by atoms with van der Waals surface area (Å²) in [5, 5.41) is 4.96. The second kappa shape index (κ2) is 72.7. The van der Waals surface area contributed by atoms with Gasteiger partial charge in [-0.1, -0.05) is 313 Å². The van der Waals surface area contributed by atoms with Crippen molar-refractivity contribution in [1.82, 2.24) is 0 Å². The van der Waals surface area contributed by atoms with Crippen molar-refractivity contribution in [2.24, 2.45) is 25.9 Å². The minimum absolute atomic E-state index is 0. The van der Waals surface area contributed by atoms with Gasteiger partial charge in [-0.3, -0.25) is 38.2 Å². The summed E-state index contributed by atoms with van der Waals surface area (Å²) in [4.78, 5) is 16.9. The van der Waals surface area contributed by atoms with Gasteiger partial charge < -0.3 is 36.5 Å². The first-order chi connectivity index (χ1) is 50.6. The zero-order valence-corrected chi connectivity index (χ0v) is 75.5. The summed E-state index contributed by atoms with van der Waals surface area (Å²) < 4.78 is 0. The number of benzene rings is 8. The Balaban J connectivity index is -0.000000532. The van der Waals surface area contributed by atoms with Crippen molar-refractivity contribution >= 4 is 52.9 Å². The van der Waals surface area contributed by atoms with Crippen molar-refractivity contribution in [1.29, 1.82) is 0 Å². The van der Waals surface area contributed by atoms with Crippen LogP contribution in [0.25, 0.3) is 34.1 Å². The van der Waals surface area contributed by atoms with Gasteiger partial charge in [-0.25, -0.2) is 11.1 Å². The zero-order valence-electron chi connectivity index (χ0n) is 67.0. The van der Waals surface area contributed by atoms with E-state index in [4.69, 9.17) is 13.2 Å². The van der Waals surface area contributed by atoms with E-state index in [9.17, 15) is 0 Å². The number of aliphatic imine (C=N–C) groups is 3. The van der Waals surface area contributed by atoms with Crippen LogP contribution in [0.15, 0.2) is 304 Å². The minimum Gasteiger partial charge on any atom is -0.361 e. The van der Waals surface area contributed by atoms with Gasteiger partial charge in [-0.05, 0) is 68.1 Å². The topological polar surface area (TPSA) is 49.4 Å². The Morgan fingerprint density at radius 1 is 0.457 bits per heavy atom. The van der Waals surface area contributed by atoms with Gasteiger partial charge in [0, 0.05) is 141 Å². The molecule has 0 saturated carbocycles. The summed E-state index contributed by atoms with van der Waals surface area (Å²) in [5.74, 6) is 0.579. The van der Waals surface area contributed by atoms with Crippen molar-refractivity contribution in [2.45, 2.75) is 163 Å². The van der Waals surface area contributed by atoms with Crippen LogP contribution in [0.2, 0.25) is 0 Å².